The number of amides is 1. The molecule has 0 saturated carbocycles. The first-order valence-corrected chi connectivity index (χ1v) is 9.02. The molecule has 0 N–H and O–H groups in total. The summed E-state index contributed by atoms with van der Waals surface area (Å²) in [5, 5.41) is 0. The average molecular weight is 359 g/mol. The molecule has 1 aliphatic rings. The van der Waals surface area contributed by atoms with E-state index < -0.39 is 0 Å². The molecule has 1 fully saturated rings. The van der Waals surface area contributed by atoms with Gasteiger partial charge in [-0.2, -0.15) is 0 Å². The Bertz CT molecular complexity index is 918. The van der Waals surface area contributed by atoms with Gasteiger partial charge < -0.3 is 9.47 Å². The van der Waals surface area contributed by atoms with Crippen molar-refractivity contribution >= 4 is 17.3 Å². The highest BCUT2D eigenvalue weighted by Gasteiger charge is 2.23. The minimum Gasteiger partial charge on any atom is -0.491 e. The second-order valence-electron chi connectivity index (χ2n) is 6.55. The number of anilines is 2. The Hall–Kier alpha value is -3.11. The van der Waals surface area contributed by atoms with Crippen molar-refractivity contribution in [3.63, 3.8) is 0 Å². The van der Waals surface area contributed by atoms with E-state index >= 15 is 0 Å². The molecule has 0 radical (unpaired) electrons. The summed E-state index contributed by atoms with van der Waals surface area (Å²) in [6.45, 7) is 3.28. The first kappa shape index (κ1) is 17.3. The lowest BCUT2D eigenvalue weighted by Crippen LogP contribution is -2.26. The van der Waals surface area contributed by atoms with Gasteiger partial charge in [-0.3, -0.25) is 9.69 Å². The number of rotatable bonds is 6. The maximum Gasteiger partial charge on any atom is 0.263 e. The van der Waals surface area contributed by atoms with Crippen LogP contribution in [0.3, 0.4) is 0 Å². The quantitative estimate of drug-likeness (QED) is 0.597. The molecule has 1 atom stereocenters. The average Bonchev–Trinajstić information content (AvgIpc) is 3.53. The molecule has 3 aromatic rings. The third-order valence-electron chi connectivity index (χ3n) is 4.53. The number of ether oxygens (including phenoxy) is 2. The van der Waals surface area contributed by atoms with Crippen molar-refractivity contribution in [1.29, 1.82) is 0 Å². The molecule has 27 heavy (non-hydrogen) atoms. The topological polar surface area (TPSA) is 42.1 Å². The van der Waals surface area contributed by atoms with Gasteiger partial charge in [0.15, 0.2) is 0 Å². The van der Waals surface area contributed by atoms with E-state index in [1.807, 2.05) is 85.8 Å². The molecular formula is C23H21NO3. The zero-order valence-electron chi connectivity index (χ0n) is 15.2. The summed E-state index contributed by atoms with van der Waals surface area (Å²) >= 11 is 0. The molecule has 1 aliphatic heterocycles. The van der Waals surface area contributed by atoms with Crippen LogP contribution in [0.5, 0.6) is 5.75 Å². The fourth-order valence-corrected chi connectivity index (χ4v) is 2.94. The van der Waals surface area contributed by atoms with E-state index in [0.29, 0.717) is 12.2 Å². The summed E-state index contributed by atoms with van der Waals surface area (Å²) in [5.74, 6) is 0.713. The molecule has 0 bridgehead atoms. The fraction of sp³-hybridized carbons (Fsp3) is 0.174. The van der Waals surface area contributed by atoms with Gasteiger partial charge in [0, 0.05) is 16.9 Å². The number of hydrogen-bond acceptors (Lipinski definition) is 3. The Morgan fingerprint density at radius 3 is 2.26 bits per heavy atom. The van der Waals surface area contributed by atoms with Crippen LogP contribution in [0.2, 0.25) is 0 Å². The number of aryl methyl sites for hydroxylation is 1. The number of nitrogens with zero attached hydrogens (tertiary/aromatic N) is 1. The monoisotopic (exact) mass is 359 g/mol. The Morgan fingerprint density at radius 1 is 0.963 bits per heavy atom. The molecule has 4 heteroatoms. The summed E-state index contributed by atoms with van der Waals surface area (Å²) in [5.41, 5.74) is 3.26. The number of carbonyl (C=O) groups excluding carboxylic acids is 1. The van der Waals surface area contributed by atoms with Crippen LogP contribution in [0.1, 0.15) is 15.9 Å². The van der Waals surface area contributed by atoms with Crippen LogP contribution in [0, 0.1) is 6.92 Å². The third-order valence-corrected chi connectivity index (χ3v) is 4.53. The van der Waals surface area contributed by atoms with Crippen molar-refractivity contribution in [3.8, 4) is 5.75 Å². The van der Waals surface area contributed by atoms with Gasteiger partial charge >= 0.3 is 0 Å². The molecule has 0 spiro atoms. The zero-order valence-corrected chi connectivity index (χ0v) is 15.2. The van der Waals surface area contributed by atoms with E-state index in [0.717, 1.165) is 29.3 Å². The van der Waals surface area contributed by atoms with Crippen LogP contribution in [0.15, 0.2) is 78.9 Å². The molecule has 1 amide bonds. The number of benzene rings is 3. The smallest absolute Gasteiger partial charge is 0.263 e. The van der Waals surface area contributed by atoms with Crippen LogP contribution in [-0.2, 0) is 4.74 Å². The summed E-state index contributed by atoms with van der Waals surface area (Å²) < 4.78 is 10.9. The van der Waals surface area contributed by atoms with Crippen LogP contribution in [0.25, 0.3) is 0 Å². The molecule has 0 aromatic heterocycles. The molecule has 1 saturated heterocycles. The molecule has 4 nitrogen and oxygen atoms in total. The van der Waals surface area contributed by atoms with Gasteiger partial charge in [-0.15, -0.1) is 0 Å². The largest absolute Gasteiger partial charge is 0.491 e. The Morgan fingerprint density at radius 2 is 1.59 bits per heavy atom. The van der Waals surface area contributed by atoms with Gasteiger partial charge in [-0.05, 0) is 55.0 Å². The molecular weight excluding hydrogens is 338 g/mol. The Kier molecular flexibility index (Phi) is 4.90. The normalized spacial score (nSPS) is 15.2. The highest BCUT2D eigenvalue weighted by molar-refractivity contribution is 6.11. The molecule has 0 aliphatic carbocycles. The minimum atomic E-state index is -0.0562. The Balaban J connectivity index is 1.65. The maximum atomic E-state index is 13.4. The number of para-hydroxylation sites is 1. The van der Waals surface area contributed by atoms with Crippen molar-refractivity contribution in [2.24, 2.45) is 0 Å². The molecule has 3 aromatic carbocycles. The van der Waals surface area contributed by atoms with Crippen molar-refractivity contribution in [3.05, 3.63) is 90.0 Å². The van der Waals surface area contributed by atoms with Gasteiger partial charge in [0.2, 0.25) is 0 Å². The van der Waals surface area contributed by atoms with Crippen molar-refractivity contribution < 1.29 is 14.3 Å². The van der Waals surface area contributed by atoms with Gasteiger partial charge in [0.05, 0.1) is 6.61 Å². The third kappa shape index (κ3) is 4.01. The Labute approximate surface area is 159 Å². The van der Waals surface area contributed by atoms with Crippen LogP contribution in [-0.4, -0.2) is 25.2 Å². The number of epoxide rings is 1. The second-order valence-corrected chi connectivity index (χ2v) is 6.55. The number of hydrogen-bond donors (Lipinski definition) is 0. The van der Waals surface area contributed by atoms with Gasteiger partial charge in [0.1, 0.15) is 18.5 Å². The van der Waals surface area contributed by atoms with E-state index in [2.05, 4.69) is 0 Å². The van der Waals surface area contributed by atoms with E-state index in [4.69, 9.17) is 9.47 Å². The lowest BCUT2D eigenvalue weighted by atomic mass is 10.1. The fourth-order valence-electron chi connectivity index (χ4n) is 2.94. The van der Waals surface area contributed by atoms with E-state index in [1.54, 1.807) is 4.90 Å². The molecule has 1 heterocycles. The highest BCUT2D eigenvalue weighted by Crippen LogP contribution is 2.30. The van der Waals surface area contributed by atoms with Gasteiger partial charge in [0.25, 0.3) is 5.91 Å². The number of carbonyl (C=O) groups is 1. The highest BCUT2D eigenvalue weighted by atomic mass is 16.6. The minimum absolute atomic E-state index is 0.0562. The SMILES string of the molecule is Cc1ccccc1C(=O)N(c1ccccc1)c1ccc(OCC2CO2)cc1. The molecule has 4 rings (SSSR count). The van der Waals surface area contributed by atoms with Crippen LogP contribution in [0.4, 0.5) is 11.4 Å². The van der Waals surface area contributed by atoms with E-state index in [9.17, 15) is 4.79 Å². The lowest BCUT2D eigenvalue weighted by molar-refractivity contribution is 0.0998. The first-order chi connectivity index (χ1) is 13.2. The molecule has 1 unspecified atom stereocenters. The van der Waals surface area contributed by atoms with E-state index in [1.165, 1.54) is 0 Å². The zero-order chi connectivity index (χ0) is 18.6. The van der Waals surface area contributed by atoms with Gasteiger partial charge in [-0.25, -0.2) is 0 Å². The summed E-state index contributed by atoms with van der Waals surface area (Å²) in [7, 11) is 0. The predicted octanol–water partition coefficient (Wildman–Crippen LogP) is 4.75. The maximum absolute atomic E-state index is 13.4. The first-order valence-electron chi connectivity index (χ1n) is 9.02. The standard InChI is InChI=1S/C23H21NO3/c1-17-7-5-6-10-22(17)23(25)24(18-8-3-2-4-9-18)19-11-13-20(14-12-19)26-15-21-16-27-21/h2-14,21H,15-16H2,1H3. The van der Waals surface area contributed by atoms with Crippen molar-refractivity contribution in [1.82, 2.24) is 0 Å². The summed E-state index contributed by atoms with van der Waals surface area (Å²) in [6.07, 6.45) is 0.216. The predicted molar refractivity (Wildman–Crippen MR) is 106 cm³/mol. The second kappa shape index (κ2) is 7.64. The summed E-state index contributed by atoms with van der Waals surface area (Å²) in [4.78, 5) is 15.1. The van der Waals surface area contributed by atoms with Crippen LogP contribution < -0.4 is 9.64 Å². The van der Waals surface area contributed by atoms with Crippen LogP contribution >= 0.6 is 0 Å². The summed E-state index contributed by atoms with van der Waals surface area (Å²) in [6, 6.07) is 24.9. The van der Waals surface area contributed by atoms with Crippen molar-refractivity contribution in [2.45, 2.75) is 13.0 Å². The lowest BCUT2D eigenvalue weighted by Gasteiger charge is -2.24. The van der Waals surface area contributed by atoms with E-state index in [-0.39, 0.29) is 12.0 Å². The van der Waals surface area contributed by atoms with Crippen molar-refractivity contribution in [2.75, 3.05) is 18.1 Å². The molecule has 136 valence electrons. The van der Waals surface area contributed by atoms with Gasteiger partial charge in [-0.1, -0.05) is 36.4 Å².